The van der Waals surface area contributed by atoms with Crippen molar-refractivity contribution in [2.75, 3.05) is 0 Å². The average molecular weight is 322 g/mol. The fourth-order valence-electron chi connectivity index (χ4n) is 3.85. The van der Waals surface area contributed by atoms with E-state index in [0.29, 0.717) is 12.0 Å². The van der Waals surface area contributed by atoms with Crippen molar-refractivity contribution in [2.24, 2.45) is 0 Å². The lowest BCUT2D eigenvalue weighted by Gasteiger charge is -2.42. The molecule has 3 rings (SSSR count). The van der Waals surface area contributed by atoms with Gasteiger partial charge in [0.05, 0.1) is 5.56 Å². The number of aromatic carboxylic acids is 1. The molecule has 2 aromatic carbocycles. The van der Waals surface area contributed by atoms with E-state index in [0.717, 1.165) is 5.56 Å². The molecule has 1 N–H and O–H groups in total. The zero-order chi connectivity index (χ0) is 17.5. The Balaban J connectivity index is 2.02. The minimum atomic E-state index is -0.856. The number of carbonyl (C=O) groups is 1. The van der Waals surface area contributed by atoms with Gasteiger partial charge in [0.15, 0.2) is 0 Å². The van der Waals surface area contributed by atoms with Gasteiger partial charge in [-0.3, -0.25) is 0 Å². The van der Waals surface area contributed by atoms with Crippen molar-refractivity contribution in [3.8, 4) is 0 Å². The van der Waals surface area contributed by atoms with E-state index < -0.39 is 5.97 Å². The van der Waals surface area contributed by atoms with Crippen molar-refractivity contribution in [1.29, 1.82) is 0 Å². The number of hydrogen-bond acceptors (Lipinski definition) is 1. The monoisotopic (exact) mass is 322 g/mol. The molecule has 1 aliphatic carbocycles. The normalized spacial score (nSPS) is 18.0. The molecule has 24 heavy (non-hydrogen) atoms. The molecular weight excluding hydrogens is 296 g/mol. The van der Waals surface area contributed by atoms with Crippen LogP contribution in [0.25, 0.3) is 0 Å². The van der Waals surface area contributed by atoms with Gasteiger partial charge in [0.1, 0.15) is 0 Å². The highest BCUT2D eigenvalue weighted by Crippen LogP contribution is 2.46. The lowest BCUT2D eigenvalue weighted by molar-refractivity contribution is 0.0696. The maximum Gasteiger partial charge on any atom is 0.335 e. The standard InChI is InChI=1S/C22H26O2/c1-21(2)11-12-22(3,4)19-14-15(9-10-18(19)21)13-16-7-5-6-8-17(16)20(23)24/h5-10,14H,11-13H2,1-4H3,(H,23,24). The number of benzene rings is 2. The first-order chi connectivity index (χ1) is 11.2. The molecule has 2 heteroatoms. The van der Waals surface area contributed by atoms with Crippen molar-refractivity contribution < 1.29 is 9.90 Å². The minimum absolute atomic E-state index is 0.174. The summed E-state index contributed by atoms with van der Waals surface area (Å²) in [4.78, 5) is 11.4. The number of rotatable bonds is 3. The summed E-state index contributed by atoms with van der Waals surface area (Å²) in [6, 6.07) is 14.0. The predicted molar refractivity (Wildman–Crippen MR) is 97.9 cm³/mol. The highest BCUT2D eigenvalue weighted by Gasteiger charge is 2.36. The fourth-order valence-corrected chi connectivity index (χ4v) is 3.85. The van der Waals surface area contributed by atoms with Gasteiger partial charge in [0.25, 0.3) is 0 Å². The average Bonchev–Trinajstić information content (AvgIpc) is 2.52. The van der Waals surface area contributed by atoms with Crippen molar-refractivity contribution >= 4 is 5.97 Å². The second-order valence-electron chi connectivity index (χ2n) is 8.29. The third-order valence-corrected chi connectivity index (χ3v) is 5.56. The molecule has 0 aromatic heterocycles. The summed E-state index contributed by atoms with van der Waals surface area (Å²) >= 11 is 0. The van der Waals surface area contributed by atoms with E-state index >= 15 is 0 Å². The summed E-state index contributed by atoms with van der Waals surface area (Å²) in [6.07, 6.45) is 3.04. The highest BCUT2D eigenvalue weighted by molar-refractivity contribution is 5.89. The smallest absolute Gasteiger partial charge is 0.335 e. The van der Waals surface area contributed by atoms with Gasteiger partial charge in [-0.25, -0.2) is 4.79 Å². The van der Waals surface area contributed by atoms with Crippen molar-refractivity contribution in [3.63, 3.8) is 0 Å². The molecular formula is C22H26O2. The zero-order valence-corrected chi connectivity index (χ0v) is 15.0. The molecule has 0 radical (unpaired) electrons. The fraction of sp³-hybridized carbons (Fsp3) is 0.409. The molecule has 0 bridgehead atoms. The Morgan fingerprint density at radius 3 is 2.25 bits per heavy atom. The van der Waals surface area contributed by atoms with Gasteiger partial charge in [-0.05, 0) is 58.4 Å². The van der Waals surface area contributed by atoms with Crippen LogP contribution in [-0.2, 0) is 17.3 Å². The number of fused-ring (bicyclic) bond motifs is 1. The summed E-state index contributed by atoms with van der Waals surface area (Å²) in [5, 5.41) is 9.39. The molecule has 0 heterocycles. The van der Waals surface area contributed by atoms with Gasteiger partial charge in [0, 0.05) is 0 Å². The summed E-state index contributed by atoms with van der Waals surface area (Å²) in [6.45, 7) is 9.27. The Kier molecular flexibility index (Phi) is 4.03. The molecule has 0 saturated carbocycles. The molecule has 0 saturated heterocycles. The van der Waals surface area contributed by atoms with Crippen molar-refractivity contribution in [2.45, 2.75) is 57.8 Å². The third-order valence-electron chi connectivity index (χ3n) is 5.56. The third kappa shape index (κ3) is 2.98. The molecule has 2 aromatic rings. The van der Waals surface area contributed by atoms with Crippen LogP contribution in [0.5, 0.6) is 0 Å². The van der Waals surface area contributed by atoms with Gasteiger partial charge in [-0.1, -0.05) is 64.1 Å². The lowest BCUT2D eigenvalue weighted by atomic mass is 9.63. The molecule has 0 aliphatic heterocycles. The van der Waals surface area contributed by atoms with E-state index in [1.807, 2.05) is 12.1 Å². The van der Waals surface area contributed by atoms with Crippen LogP contribution >= 0.6 is 0 Å². The Morgan fingerprint density at radius 1 is 0.958 bits per heavy atom. The van der Waals surface area contributed by atoms with E-state index in [2.05, 4.69) is 45.9 Å². The lowest BCUT2D eigenvalue weighted by Crippen LogP contribution is -2.33. The minimum Gasteiger partial charge on any atom is -0.478 e. The van der Waals surface area contributed by atoms with Crippen molar-refractivity contribution in [3.05, 3.63) is 70.3 Å². The summed E-state index contributed by atoms with van der Waals surface area (Å²) in [5.41, 5.74) is 5.70. The molecule has 0 unspecified atom stereocenters. The zero-order valence-electron chi connectivity index (χ0n) is 15.0. The quantitative estimate of drug-likeness (QED) is 0.830. The first-order valence-corrected chi connectivity index (χ1v) is 8.66. The highest BCUT2D eigenvalue weighted by atomic mass is 16.4. The Bertz CT molecular complexity index is 784. The van der Waals surface area contributed by atoms with E-state index in [9.17, 15) is 9.90 Å². The predicted octanol–water partition coefficient (Wildman–Crippen LogP) is 5.32. The second-order valence-corrected chi connectivity index (χ2v) is 8.29. The van der Waals surface area contributed by atoms with Crippen LogP contribution in [0.2, 0.25) is 0 Å². The summed E-state index contributed by atoms with van der Waals surface area (Å²) < 4.78 is 0. The van der Waals surface area contributed by atoms with E-state index in [4.69, 9.17) is 0 Å². The SMILES string of the molecule is CC1(C)CCC(C)(C)c2cc(Cc3ccccc3C(=O)O)ccc21. The number of carboxylic acid groups (broad SMARTS) is 1. The van der Waals surface area contributed by atoms with Crippen LogP contribution in [0.3, 0.4) is 0 Å². The van der Waals surface area contributed by atoms with Crippen LogP contribution < -0.4 is 0 Å². The first kappa shape index (κ1) is 16.8. The van der Waals surface area contributed by atoms with Crippen molar-refractivity contribution in [1.82, 2.24) is 0 Å². The molecule has 0 fully saturated rings. The molecule has 126 valence electrons. The van der Waals surface area contributed by atoms with Crippen LogP contribution in [0.1, 0.15) is 73.1 Å². The molecule has 1 aliphatic rings. The number of hydrogen-bond donors (Lipinski definition) is 1. The van der Waals surface area contributed by atoms with Gasteiger partial charge in [0.2, 0.25) is 0 Å². The van der Waals surface area contributed by atoms with E-state index in [1.165, 1.54) is 29.5 Å². The van der Waals surface area contributed by atoms with Crippen LogP contribution in [0.15, 0.2) is 42.5 Å². The molecule has 0 amide bonds. The summed E-state index contributed by atoms with van der Waals surface area (Å²) in [5.74, 6) is -0.856. The Hall–Kier alpha value is -2.09. The maximum absolute atomic E-state index is 11.4. The van der Waals surface area contributed by atoms with E-state index in [-0.39, 0.29) is 10.8 Å². The van der Waals surface area contributed by atoms with Gasteiger partial charge in [-0.2, -0.15) is 0 Å². The molecule has 0 atom stereocenters. The maximum atomic E-state index is 11.4. The second kappa shape index (κ2) is 5.77. The van der Waals surface area contributed by atoms with Gasteiger partial charge in [-0.15, -0.1) is 0 Å². The van der Waals surface area contributed by atoms with Gasteiger partial charge >= 0.3 is 5.97 Å². The topological polar surface area (TPSA) is 37.3 Å². The van der Waals surface area contributed by atoms with Crippen LogP contribution in [0, 0.1) is 0 Å². The van der Waals surface area contributed by atoms with Crippen LogP contribution in [0.4, 0.5) is 0 Å². The summed E-state index contributed by atoms with van der Waals surface area (Å²) in [7, 11) is 0. The largest absolute Gasteiger partial charge is 0.478 e. The van der Waals surface area contributed by atoms with Gasteiger partial charge < -0.3 is 5.11 Å². The van der Waals surface area contributed by atoms with Crippen LogP contribution in [-0.4, -0.2) is 11.1 Å². The molecule has 0 spiro atoms. The molecule has 2 nitrogen and oxygen atoms in total. The Morgan fingerprint density at radius 2 is 1.58 bits per heavy atom. The number of carboxylic acids is 1. The first-order valence-electron chi connectivity index (χ1n) is 8.66. The Labute approximate surface area is 144 Å². The van der Waals surface area contributed by atoms with E-state index in [1.54, 1.807) is 12.1 Å².